The number of nitrogens with one attached hydrogen (secondary N) is 4. The summed E-state index contributed by atoms with van der Waals surface area (Å²) in [5, 5.41) is 25.1. The lowest BCUT2D eigenvalue weighted by Crippen LogP contribution is -2.61. The van der Waals surface area contributed by atoms with Gasteiger partial charge in [-0.1, -0.05) is 112 Å². The molecule has 23 heteroatoms. The van der Waals surface area contributed by atoms with Gasteiger partial charge in [0.25, 0.3) is 21.8 Å². The first kappa shape index (κ1) is 61.8. The molecule has 90 heavy (non-hydrogen) atoms. The predicted molar refractivity (Wildman–Crippen MR) is 348 cm³/mol. The highest BCUT2D eigenvalue weighted by Crippen LogP contribution is 2.36. The third-order valence-corrected chi connectivity index (χ3v) is 21.4. The van der Waals surface area contributed by atoms with Crippen LogP contribution in [0.1, 0.15) is 133 Å². The van der Waals surface area contributed by atoms with Gasteiger partial charge in [0, 0.05) is 74.0 Å². The fraction of sp³-hybridized carbons (Fsp3) is 0.388. The van der Waals surface area contributed by atoms with E-state index in [9.17, 15) is 37.5 Å². The van der Waals surface area contributed by atoms with Crippen LogP contribution in [-0.4, -0.2) is 122 Å². The van der Waals surface area contributed by atoms with Crippen LogP contribution in [0.3, 0.4) is 0 Å². The van der Waals surface area contributed by atoms with Gasteiger partial charge in [-0.25, -0.2) is 32.9 Å². The normalized spacial score (nSPS) is 18.0. The molecule has 3 aliphatic heterocycles. The molecule has 5 N–H and O–H groups in total. The van der Waals surface area contributed by atoms with Crippen molar-refractivity contribution in [3.8, 4) is 21.6 Å². The van der Waals surface area contributed by atoms with E-state index in [1.807, 2.05) is 118 Å². The van der Waals surface area contributed by atoms with E-state index in [2.05, 4.69) is 30.6 Å². The number of β-amino-alcohol motifs (C(OH)–C–C–N with tert-alkyl or cyclic N) is 1. The first-order valence-electron chi connectivity index (χ1n) is 30.7. The summed E-state index contributed by atoms with van der Waals surface area (Å²) in [6.07, 6.45) is 7.22. The Hall–Kier alpha value is -8.38. The number of hydrogen-bond acceptors (Lipinski definition) is 15. The van der Waals surface area contributed by atoms with Crippen LogP contribution < -0.4 is 25.6 Å². The SMILES string of the molecule is Cc1ncsc1-c1ccc([C@H](C)NC(=O)[C@@H]2C[C@@H](O)CN2C(=O)[C@@H](NC(=O)N2CC(c3ccc(S(=O)(=O)NC(=O)c4nc(N5CCc6cccc(C(=O)Nc7nc8ccccc8s7)c6C5)ccc4-c4cnn(CC5CCCCC5)c4C)cc3)C2)C(C)(C)C)cc1. The van der Waals surface area contributed by atoms with Crippen molar-refractivity contribution in [2.24, 2.45) is 11.3 Å². The molecule has 4 aromatic carbocycles. The molecular weight excluding hydrogens is 1200 g/mol. The molecule has 6 amide bonds. The van der Waals surface area contributed by atoms with Gasteiger partial charge in [-0.2, -0.15) is 5.10 Å². The molecule has 8 aromatic rings. The van der Waals surface area contributed by atoms with E-state index >= 15 is 0 Å². The van der Waals surface area contributed by atoms with Crippen LogP contribution >= 0.6 is 22.7 Å². The first-order valence-corrected chi connectivity index (χ1v) is 33.9. The lowest BCUT2D eigenvalue weighted by atomic mass is 9.85. The lowest BCUT2D eigenvalue weighted by Gasteiger charge is -2.42. The number of aromatic nitrogens is 5. The number of benzene rings is 4. The van der Waals surface area contributed by atoms with Gasteiger partial charge < -0.3 is 30.4 Å². The lowest BCUT2D eigenvalue weighted by molar-refractivity contribution is -0.142. The monoisotopic (exact) mass is 1270 g/mol. The second-order valence-electron chi connectivity index (χ2n) is 25.3. The van der Waals surface area contributed by atoms with Crippen molar-refractivity contribution in [1.82, 2.24) is 49.9 Å². The fourth-order valence-corrected chi connectivity index (χ4v) is 15.5. The Morgan fingerprint density at radius 2 is 1.58 bits per heavy atom. The van der Waals surface area contributed by atoms with Gasteiger partial charge in [-0.05, 0) is 122 Å². The molecule has 0 spiro atoms. The fourth-order valence-electron chi connectivity index (χ4n) is 12.8. The van der Waals surface area contributed by atoms with E-state index in [0.29, 0.717) is 53.1 Å². The standard InChI is InChI=1S/C67H74N12O8S3/c1-39(43-19-21-46(22-20-43)59-40(2)68-38-88-59)70-62(82)55-31-48(80)36-78(55)64(84)60(67(4,5)6)73-66(85)77-34-47(35-77)44-23-25-49(26-24-44)90(86,87)75-63(83)58-50(52-32-69-79(41(52)3)33-42-13-8-7-9-14-42)27-28-57(72-58)76-30-29-45-15-12-16-51(53(45)37-76)61(81)74-65-71-54-17-10-11-18-56(54)89-65/h10-12,15-28,32,38-39,42,47-48,55,60,80H,7-9,13-14,29-31,33-37H2,1-6H3,(H,70,82)(H,73,85)(H,75,83)(H,71,74,81)/t39-,48+,55-,60+/m0/s1. The van der Waals surface area contributed by atoms with Crippen molar-refractivity contribution in [1.29, 1.82) is 0 Å². The Kier molecular flexibility index (Phi) is 17.5. The maximum atomic E-state index is 14.7. The van der Waals surface area contributed by atoms with Gasteiger partial charge in [-0.3, -0.25) is 29.2 Å². The maximum absolute atomic E-state index is 14.7. The van der Waals surface area contributed by atoms with Crippen LogP contribution in [0.15, 0.2) is 120 Å². The molecule has 12 rings (SSSR count). The number of urea groups is 1. The number of hydrogen-bond donors (Lipinski definition) is 5. The molecule has 20 nitrogen and oxygen atoms in total. The number of anilines is 2. The quantitative estimate of drug-likeness (QED) is 0.0604. The van der Waals surface area contributed by atoms with E-state index in [-0.39, 0.29) is 48.5 Å². The summed E-state index contributed by atoms with van der Waals surface area (Å²) in [4.78, 5) is 90.7. The van der Waals surface area contributed by atoms with E-state index in [0.717, 1.165) is 73.7 Å². The first-order chi connectivity index (χ1) is 43.1. The second-order valence-corrected chi connectivity index (χ2v) is 28.9. The Labute approximate surface area is 531 Å². The number of aryl methyl sites for hydroxylation is 1. The number of rotatable bonds is 16. The van der Waals surface area contributed by atoms with Gasteiger partial charge in [-0.15, -0.1) is 11.3 Å². The number of fused-ring (bicyclic) bond motifs is 2. The van der Waals surface area contributed by atoms with E-state index < -0.39 is 63.4 Å². The second kappa shape index (κ2) is 25.5. The van der Waals surface area contributed by atoms with E-state index in [1.54, 1.807) is 52.2 Å². The molecule has 1 aliphatic carbocycles. The number of sulfonamides is 1. The molecule has 0 bridgehead atoms. The molecule has 4 aromatic heterocycles. The van der Waals surface area contributed by atoms with Gasteiger partial charge in [0.1, 0.15) is 23.6 Å². The largest absolute Gasteiger partial charge is 0.391 e. The summed E-state index contributed by atoms with van der Waals surface area (Å²) in [7, 11) is -4.47. The summed E-state index contributed by atoms with van der Waals surface area (Å²) >= 11 is 2.96. The number of likely N-dealkylation sites (tertiary alicyclic amines) is 2. The molecule has 1 saturated carbocycles. The topological polar surface area (TPSA) is 254 Å². The van der Waals surface area contributed by atoms with E-state index in [1.165, 1.54) is 47.6 Å². The minimum absolute atomic E-state index is 0.0482. The summed E-state index contributed by atoms with van der Waals surface area (Å²) in [5.74, 6) is -1.35. The Balaban J connectivity index is 0.709. The zero-order valence-electron chi connectivity index (χ0n) is 51.2. The van der Waals surface area contributed by atoms with Crippen molar-refractivity contribution < 1.29 is 37.5 Å². The number of aliphatic hydroxyl groups is 1. The minimum Gasteiger partial charge on any atom is -0.391 e. The van der Waals surface area contributed by atoms with Crippen LogP contribution in [0.4, 0.5) is 15.7 Å². The molecule has 4 atom stereocenters. The Morgan fingerprint density at radius 3 is 2.30 bits per heavy atom. The minimum atomic E-state index is -4.47. The molecule has 0 unspecified atom stereocenters. The maximum Gasteiger partial charge on any atom is 0.318 e. The molecule has 0 radical (unpaired) electrons. The summed E-state index contributed by atoms with van der Waals surface area (Å²) in [6, 6.07) is 28.2. The number of pyridine rings is 1. The smallest absolute Gasteiger partial charge is 0.318 e. The third-order valence-electron chi connectivity index (χ3n) is 18.1. The Morgan fingerprint density at radius 1 is 0.822 bits per heavy atom. The van der Waals surface area contributed by atoms with Crippen LogP contribution in [0.25, 0.3) is 31.8 Å². The highest BCUT2D eigenvalue weighted by molar-refractivity contribution is 7.90. The summed E-state index contributed by atoms with van der Waals surface area (Å²) < 4.78 is 33.8. The van der Waals surface area contributed by atoms with Gasteiger partial charge >= 0.3 is 6.03 Å². The highest BCUT2D eigenvalue weighted by Gasteiger charge is 2.46. The number of carbonyl (C=O) groups is 5. The van der Waals surface area contributed by atoms with Gasteiger partial charge in [0.2, 0.25) is 11.8 Å². The van der Waals surface area contributed by atoms with Gasteiger partial charge in [0.05, 0.1) is 49.5 Å². The number of amides is 6. The summed E-state index contributed by atoms with van der Waals surface area (Å²) in [6.45, 7) is 13.3. The number of carbonyl (C=O) groups excluding carboxylic acids is 5. The van der Waals surface area contributed by atoms with Crippen molar-refractivity contribution >= 4 is 83.5 Å². The molecule has 3 fully saturated rings. The average molecular weight is 1270 g/mol. The summed E-state index contributed by atoms with van der Waals surface area (Å²) in [5.41, 5.74) is 9.57. The number of para-hydroxylation sites is 1. The molecule has 4 aliphatic rings. The van der Waals surface area contributed by atoms with Crippen molar-refractivity contribution in [3.63, 3.8) is 0 Å². The average Bonchev–Trinajstić information content (AvgIpc) is 1.43. The van der Waals surface area contributed by atoms with Crippen LogP contribution in [0.5, 0.6) is 0 Å². The van der Waals surface area contributed by atoms with Crippen LogP contribution in [0.2, 0.25) is 0 Å². The van der Waals surface area contributed by atoms with Crippen molar-refractivity contribution in [2.45, 2.75) is 135 Å². The zero-order chi connectivity index (χ0) is 63.2. The molecule has 2 saturated heterocycles. The zero-order valence-corrected chi connectivity index (χ0v) is 53.7. The van der Waals surface area contributed by atoms with Crippen molar-refractivity contribution in [2.75, 3.05) is 36.4 Å². The molecule has 7 heterocycles. The van der Waals surface area contributed by atoms with E-state index in [4.69, 9.17) is 10.1 Å². The number of nitrogens with zero attached hydrogens (tertiary/aromatic N) is 8. The number of thiazole rings is 2. The molecule has 468 valence electrons. The highest BCUT2D eigenvalue weighted by atomic mass is 32.2. The number of aliphatic hydroxyl groups excluding tert-OH is 1. The van der Waals surface area contributed by atoms with Crippen LogP contribution in [0, 0.1) is 25.2 Å². The Bertz CT molecular complexity index is 4110. The van der Waals surface area contributed by atoms with Crippen LogP contribution in [-0.2, 0) is 39.1 Å². The van der Waals surface area contributed by atoms with Gasteiger partial charge in [0.15, 0.2) is 5.13 Å². The third kappa shape index (κ3) is 13.0. The predicted octanol–water partition coefficient (Wildman–Crippen LogP) is 10.2. The van der Waals surface area contributed by atoms with Crippen molar-refractivity contribution in [3.05, 3.63) is 160 Å². The molecular formula is C67H74N12O8S3.